The number of nitro benzene ring substituents is 1. The molecule has 1 fully saturated rings. The molecule has 1 atom stereocenters. The van der Waals surface area contributed by atoms with Gasteiger partial charge in [0.25, 0.3) is 5.69 Å². The van der Waals surface area contributed by atoms with Crippen LogP contribution in [0.5, 0.6) is 0 Å². The summed E-state index contributed by atoms with van der Waals surface area (Å²) >= 11 is 0. The molecule has 1 aliphatic heterocycles. The molecule has 1 saturated heterocycles. The van der Waals surface area contributed by atoms with Gasteiger partial charge in [0, 0.05) is 24.2 Å². The third kappa shape index (κ3) is 3.77. The zero-order valence-corrected chi connectivity index (χ0v) is 12.2. The van der Waals surface area contributed by atoms with E-state index in [9.17, 15) is 10.1 Å². The molecule has 1 aromatic carbocycles. The molecule has 0 amide bonds. The molecule has 1 aromatic rings. The Hall–Kier alpha value is -1.46. The first-order chi connectivity index (χ1) is 9.60. The summed E-state index contributed by atoms with van der Waals surface area (Å²) in [6.07, 6.45) is 2.29. The van der Waals surface area contributed by atoms with Crippen molar-refractivity contribution in [1.29, 1.82) is 0 Å². The molecule has 20 heavy (non-hydrogen) atoms. The van der Waals surface area contributed by atoms with Gasteiger partial charge in [0.05, 0.1) is 4.92 Å². The van der Waals surface area contributed by atoms with Gasteiger partial charge in [0.15, 0.2) is 0 Å². The Morgan fingerprint density at radius 1 is 1.45 bits per heavy atom. The van der Waals surface area contributed by atoms with Crippen LogP contribution in [0.3, 0.4) is 0 Å². The molecular formula is C15H23N3O2. The lowest BCUT2D eigenvalue weighted by atomic mass is 10.0. The van der Waals surface area contributed by atoms with E-state index in [4.69, 9.17) is 0 Å². The fourth-order valence-corrected chi connectivity index (χ4v) is 2.77. The van der Waals surface area contributed by atoms with Crippen molar-refractivity contribution < 1.29 is 4.92 Å². The number of non-ortho nitro benzene ring substituents is 1. The molecule has 1 heterocycles. The monoisotopic (exact) mass is 277 g/mol. The van der Waals surface area contributed by atoms with Crippen molar-refractivity contribution in [3.05, 3.63) is 39.9 Å². The summed E-state index contributed by atoms with van der Waals surface area (Å²) in [7, 11) is 0. The number of hydrogen-bond donors (Lipinski definition) is 1. The summed E-state index contributed by atoms with van der Waals surface area (Å²) in [5.74, 6) is 0. The van der Waals surface area contributed by atoms with Crippen LogP contribution in [0.4, 0.5) is 5.69 Å². The van der Waals surface area contributed by atoms with E-state index in [1.807, 2.05) is 6.07 Å². The smallest absolute Gasteiger partial charge is 0.269 e. The summed E-state index contributed by atoms with van der Waals surface area (Å²) in [4.78, 5) is 12.9. The molecule has 5 heteroatoms. The van der Waals surface area contributed by atoms with Gasteiger partial charge >= 0.3 is 0 Å². The van der Waals surface area contributed by atoms with Crippen LogP contribution in [0.15, 0.2) is 24.3 Å². The molecule has 0 aromatic heterocycles. The lowest BCUT2D eigenvalue weighted by Gasteiger charge is -2.33. The largest absolute Gasteiger partial charge is 0.307 e. The number of nitro groups is 1. The molecule has 2 rings (SSSR count). The van der Waals surface area contributed by atoms with Crippen LogP contribution in [0.25, 0.3) is 0 Å². The van der Waals surface area contributed by atoms with E-state index in [-0.39, 0.29) is 16.7 Å². The van der Waals surface area contributed by atoms with E-state index in [0.717, 1.165) is 38.0 Å². The molecule has 1 aliphatic rings. The van der Waals surface area contributed by atoms with Crippen LogP contribution in [0, 0.1) is 10.1 Å². The maximum atomic E-state index is 10.8. The molecule has 5 nitrogen and oxygen atoms in total. The van der Waals surface area contributed by atoms with Gasteiger partial charge in [0.2, 0.25) is 0 Å². The predicted molar refractivity (Wildman–Crippen MR) is 79.8 cm³/mol. The van der Waals surface area contributed by atoms with Gasteiger partial charge in [0.1, 0.15) is 0 Å². The molecule has 0 bridgehead atoms. The molecule has 1 N–H and O–H groups in total. The third-order valence-electron chi connectivity index (χ3n) is 4.10. The maximum Gasteiger partial charge on any atom is 0.269 e. The lowest BCUT2D eigenvalue weighted by molar-refractivity contribution is -0.384. The minimum Gasteiger partial charge on any atom is -0.307 e. The number of piperidine rings is 1. The number of likely N-dealkylation sites (tertiary alicyclic amines) is 1. The maximum absolute atomic E-state index is 10.8. The molecule has 110 valence electrons. The summed E-state index contributed by atoms with van der Waals surface area (Å²) < 4.78 is 0. The van der Waals surface area contributed by atoms with Crippen molar-refractivity contribution >= 4 is 5.69 Å². The molecule has 0 radical (unpaired) electrons. The minimum absolute atomic E-state index is 0.146. The van der Waals surface area contributed by atoms with Crippen LogP contribution in [0.1, 0.15) is 38.3 Å². The average Bonchev–Trinajstić information content (AvgIpc) is 2.48. The van der Waals surface area contributed by atoms with Crippen molar-refractivity contribution in [3.8, 4) is 0 Å². The van der Waals surface area contributed by atoms with E-state index in [1.54, 1.807) is 12.1 Å². The highest BCUT2D eigenvalue weighted by molar-refractivity contribution is 5.35. The number of rotatable bonds is 5. The lowest BCUT2D eigenvalue weighted by Crippen LogP contribution is -2.43. The predicted octanol–water partition coefficient (Wildman–Crippen LogP) is 2.73. The van der Waals surface area contributed by atoms with Gasteiger partial charge < -0.3 is 10.2 Å². The molecular weight excluding hydrogens is 254 g/mol. The Labute approximate surface area is 120 Å². The summed E-state index contributed by atoms with van der Waals surface area (Å²) in [6.45, 7) is 7.66. The van der Waals surface area contributed by atoms with Crippen molar-refractivity contribution in [2.75, 3.05) is 19.6 Å². The number of nitrogens with zero attached hydrogens (tertiary/aromatic N) is 2. The molecule has 1 unspecified atom stereocenters. The Morgan fingerprint density at radius 2 is 2.15 bits per heavy atom. The Morgan fingerprint density at radius 3 is 2.75 bits per heavy atom. The first-order valence-electron chi connectivity index (χ1n) is 7.33. The summed E-state index contributed by atoms with van der Waals surface area (Å²) in [5.41, 5.74) is 1.15. The van der Waals surface area contributed by atoms with E-state index < -0.39 is 0 Å². The van der Waals surface area contributed by atoms with E-state index in [2.05, 4.69) is 24.1 Å². The molecule has 0 aliphatic carbocycles. The summed E-state index contributed by atoms with van der Waals surface area (Å²) in [5, 5.41) is 14.4. The van der Waals surface area contributed by atoms with E-state index in [1.165, 1.54) is 6.07 Å². The normalized spacial score (nSPS) is 18.9. The van der Waals surface area contributed by atoms with Gasteiger partial charge in [-0.15, -0.1) is 0 Å². The standard InChI is InChI=1S/C15H23N3O2/c1-3-17-9-7-14(8-10-17)16-12(2)13-5-4-6-15(11-13)18(19)20/h4-6,11-12,14,16H,3,7-10H2,1-2H3. The Balaban J connectivity index is 1.93. The first-order valence-corrected chi connectivity index (χ1v) is 7.33. The first kappa shape index (κ1) is 14.9. The third-order valence-corrected chi connectivity index (χ3v) is 4.10. The Bertz CT molecular complexity index is 456. The van der Waals surface area contributed by atoms with Gasteiger partial charge in [-0.05, 0) is 45.0 Å². The number of benzene rings is 1. The Kier molecular flexibility index (Phi) is 5.09. The molecule has 0 saturated carbocycles. The summed E-state index contributed by atoms with van der Waals surface area (Å²) in [6, 6.07) is 7.56. The van der Waals surface area contributed by atoms with Gasteiger partial charge in [-0.25, -0.2) is 0 Å². The van der Waals surface area contributed by atoms with Crippen LogP contribution in [-0.4, -0.2) is 35.5 Å². The van der Waals surface area contributed by atoms with Crippen LogP contribution in [-0.2, 0) is 0 Å². The second kappa shape index (κ2) is 6.81. The zero-order valence-electron chi connectivity index (χ0n) is 12.2. The number of hydrogen-bond acceptors (Lipinski definition) is 4. The fraction of sp³-hybridized carbons (Fsp3) is 0.600. The van der Waals surface area contributed by atoms with E-state index in [0.29, 0.717) is 6.04 Å². The highest BCUT2D eigenvalue weighted by Gasteiger charge is 2.20. The van der Waals surface area contributed by atoms with Crippen LogP contribution >= 0.6 is 0 Å². The minimum atomic E-state index is -0.337. The quantitative estimate of drug-likeness (QED) is 0.664. The average molecular weight is 277 g/mol. The number of nitrogens with one attached hydrogen (secondary N) is 1. The zero-order chi connectivity index (χ0) is 14.5. The van der Waals surface area contributed by atoms with Crippen LogP contribution in [0.2, 0.25) is 0 Å². The highest BCUT2D eigenvalue weighted by atomic mass is 16.6. The molecule has 0 spiro atoms. The van der Waals surface area contributed by atoms with Gasteiger partial charge in [-0.1, -0.05) is 19.1 Å². The van der Waals surface area contributed by atoms with Gasteiger partial charge in [-0.2, -0.15) is 0 Å². The van der Waals surface area contributed by atoms with E-state index >= 15 is 0 Å². The second-order valence-corrected chi connectivity index (χ2v) is 5.45. The van der Waals surface area contributed by atoms with Gasteiger partial charge in [-0.3, -0.25) is 10.1 Å². The van der Waals surface area contributed by atoms with Crippen molar-refractivity contribution in [1.82, 2.24) is 10.2 Å². The second-order valence-electron chi connectivity index (χ2n) is 5.45. The fourth-order valence-electron chi connectivity index (χ4n) is 2.77. The van der Waals surface area contributed by atoms with Crippen molar-refractivity contribution in [2.45, 2.75) is 38.8 Å². The SMILES string of the molecule is CCN1CCC(NC(C)c2cccc([N+](=O)[O-])c2)CC1. The van der Waals surface area contributed by atoms with Crippen LogP contribution < -0.4 is 5.32 Å². The topological polar surface area (TPSA) is 58.4 Å². The highest BCUT2D eigenvalue weighted by Crippen LogP contribution is 2.21. The van der Waals surface area contributed by atoms with Crippen molar-refractivity contribution in [2.24, 2.45) is 0 Å². The van der Waals surface area contributed by atoms with Crippen molar-refractivity contribution in [3.63, 3.8) is 0 Å².